The summed E-state index contributed by atoms with van der Waals surface area (Å²) in [6.45, 7) is 0. The highest BCUT2D eigenvalue weighted by atomic mass is 32.2. The molecule has 2 heterocycles. The molecule has 0 fully saturated rings. The van der Waals surface area contributed by atoms with Crippen LogP contribution in [0.4, 0.5) is 4.39 Å². The van der Waals surface area contributed by atoms with Gasteiger partial charge in [0.1, 0.15) is 23.0 Å². The van der Waals surface area contributed by atoms with Crippen LogP contribution < -0.4 is 9.47 Å². The summed E-state index contributed by atoms with van der Waals surface area (Å²) < 4.78 is 30.5. The molecule has 0 saturated heterocycles. The van der Waals surface area contributed by atoms with Crippen molar-refractivity contribution in [2.24, 2.45) is 0 Å². The number of hydrogen-bond acceptors (Lipinski definition) is 9. The van der Waals surface area contributed by atoms with E-state index in [0.29, 0.717) is 45.4 Å². The maximum atomic E-state index is 13.1. The average molecular weight is 414 g/mol. The minimum absolute atomic E-state index is 0.314. The first-order valence-corrected chi connectivity index (χ1v) is 9.38. The highest BCUT2D eigenvalue weighted by Crippen LogP contribution is 2.30. The molecule has 4 aromatic rings. The van der Waals surface area contributed by atoms with Gasteiger partial charge in [0.05, 0.1) is 20.0 Å². The Morgan fingerprint density at radius 2 is 1.93 bits per heavy atom. The highest BCUT2D eigenvalue weighted by Gasteiger charge is 2.16. The van der Waals surface area contributed by atoms with Crippen molar-refractivity contribution in [1.82, 2.24) is 30.3 Å². The zero-order chi connectivity index (χ0) is 20.2. The number of hydrogen-bond donors (Lipinski definition) is 0. The minimum atomic E-state index is -0.330. The van der Waals surface area contributed by atoms with Crippen LogP contribution >= 0.6 is 11.8 Å². The molecule has 148 valence electrons. The number of methoxy groups -OCH3 is 2. The lowest BCUT2D eigenvalue weighted by Crippen LogP contribution is -2.03. The molecule has 2 aromatic carbocycles. The number of benzene rings is 2. The fourth-order valence-electron chi connectivity index (χ4n) is 2.53. The summed E-state index contributed by atoms with van der Waals surface area (Å²) >= 11 is 1.33. The Labute approximate surface area is 168 Å². The van der Waals surface area contributed by atoms with Gasteiger partial charge in [0.25, 0.3) is 5.89 Å². The molecule has 9 nitrogen and oxygen atoms in total. The van der Waals surface area contributed by atoms with Crippen molar-refractivity contribution >= 4 is 11.8 Å². The summed E-state index contributed by atoms with van der Waals surface area (Å²) in [7, 11) is 3.15. The molecule has 0 aliphatic carbocycles. The summed E-state index contributed by atoms with van der Waals surface area (Å²) in [5, 5.41) is 16.3. The lowest BCUT2D eigenvalue weighted by Gasteiger charge is -2.10. The van der Waals surface area contributed by atoms with Crippen LogP contribution in [0.2, 0.25) is 0 Å². The molecule has 29 heavy (non-hydrogen) atoms. The lowest BCUT2D eigenvalue weighted by molar-refractivity contribution is 0.399. The summed E-state index contributed by atoms with van der Waals surface area (Å²) in [6.07, 6.45) is 0. The molecule has 0 amide bonds. The number of aromatic nitrogens is 6. The minimum Gasteiger partial charge on any atom is -0.497 e. The fraction of sp³-hybridized carbons (Fsp3) is 0.167. The first kappa shape index (κ1) is 18.9. The van der Waals surface area contributed by atoms with Gasteiger partial charge in [0.2, 0.25) is 5.16 Å². The Kier molecular flexibility index (Phi) is 5.38. The van der Waals surface area contributed by atoms with Gasteiger partial charge in [-0.25, -0.2) is 4.39 Å². The van der Waals surface area contributed by atoms with Gasteiger partial charge in [-0.3, -0.25) is 0 Å². The molecule has 2 aromatic heterocycles. The smallest absolute Gasteiger partial charge is 0.257 e. The summed E-state index contributed by atoms with van der Waals surface area (Å²) in [4.78, 5) is 4.33. The third kappa shape index (κ3) is 4.04. The van der Waals surface area contributed by atoms with Crippen molar-refractivity contribution in [1.29, 1.82) is 0 Å². The third-order valence-corrected chi connectivity index (χ3v) is 4.86. The molecule has 0 unspecified atom stereocenters. The van der Waals surface area contributed by atoms with Crippen molar-refractivity contribution in [2.75, 3.05) is 14.2 Å². The molecule has 11 heteroatoms. The van der Waals surface area contributed by atoms with Gasteiger partial charge in [0.15, 0.2) is 5.82 Å². The van der Waals surface area contributed by atoms with E-state index in [0.717, 1.165) is 0 Å². The number of thioether (sulfide) groups is 1. The largest absolute Gasteiger partial charge is 0.497 e. The van der Waals surface area contributed by atoms with E-state index >= 15 is 0 Å². The van der Waals surface area contributed by atoms with Crippen LogP contribution in [0.15, 0.2) is 52.1 Å². The summed E-state index contributed by atoms with van der Waals surface area (Å²) in [5.74, 6) is 2.06. The first-order chi connectivity index (χ1) is 14.2. The van der Waals surface area contributed by atoms with Crippen LogP contribution in [-0.2, 0) is 5.75 Å². The van der Waals surface area contributed by atoms with Crippen LogP contribution in [0.25, 0.3) is 17.1 Å². The van der Waals surface area contributed by atoms with Crippen LogP contribution in [0.5, 0.6) is 11.5 Å². The van der Waals surface area contributed by atoms with Crippen molar-refractivity contribution in [3.8, 4) is 28.6 Å². The predicted octanol–water partition coefficient (Wildman–Crippen LogP) is 3.16. The third-order valence-electron chi connectivity index (χ3n) is 3.94. The van der Waals surface area contributed by atoms with Gasteiger partial charge in [-0.15, -0.1) is 5.10 Å². The maximum Gasteiger partial charge on any atom is 0.257 e. The van der Waals surface area contributed by atoms with Gasteiger partial charge >= 0.3 is 0 Å². The van der Waals surface area contributed by atoms with Gasteiger partial charge in [0, 0.05) is 11.6 Å². The normalized spacial score (nSPS) is 10.9. The molecule has 4 rings (SSSR count). The topological polar surface area (TPSA) is 101 Å². The second-order valence-corrected chi connectivity index (χ2v) is 6.66. The number of nitrogens with zero attached hydrogens (tertiary/aromatic N) is 6. The van der Waals surface area contributed by atoms with Crippen molar-refractivity contribution in [2.45, 2.75) is 10.9 Å². The van der Waals surface area contributed by atoms with E-state index in [9.17, 15) is 4.39 Å². The van der Waals surface area contributed by atoms with Crippen LogP contribution in [0.3, 0.4) is 0 Å². The van der Waals surface area contributed by atoms with E-state index in [-0.39, 0.29) is 5.82 Å². The van der Waals surface area contributed by atoms with E-state index in [1.165, 1.54) is 23.9 Å². The second-order valence-electron chi connectivity index (χ2n) is 5.72. The van der Waals surface area contributed by atoms with Gasteiger partial charge < -0.3 is 14.0 Å². The molecule has 0 N–H and O–H groups in total. The summed E-state index contributed by atoms with van der Waals surface area (Å²) in [5.41, 5.74) is 1.28. The number of tetrazole rings is 1. The number of rotatable bonds is 7. The first-order valence-electron chi connectivity index (χ1n) is 8.40. The zero-order valence-corrected chi connectivity index (χ0v) is 16.3. The maximum absolute atomic E-state index is 13.1. The van der Waals surface area contributed by atoms with Gasteiger partial charge in [-0.2, -0.15) is 9.67 Å². The van der Waals surface area contributed by atoms with Crippen molar-refractivity contribution in [3.63, 3.8) is 0 Å². The Bertz CT molecular complexity index is 1110. The van der Waals surface area contributed by atoms with E-state index in [2.05, 4.69) is 25.7 Å². The van der Waals surface area contributed by atoms with E-state index in [4.69, 9.17) is 14.0 Å². The fourth-order valence-corrected chi connectivity index (χ4v) is 3.26. The van der Waals surface area contributed by atoms with E-state index < -0.39 is 0 Å². The Morgan fingerprint density at radius 1 is 1.10 bits per heavy atom. The van der Waals surface area contributed by atoms with Crippen molar-refractivity contribution < 1.29 is 18.4 Å². The molecule has 0 radical (unpaired) electrons. The zero-order valence-electron chi connectivity index (χ0n) is 15.4. The molecule has 0 saturated carbocycles. The van der Waals surface area contributed by atoms with Gasteiger partial charge in [-0.05, 0) is 46.8 Å². The Balaban J connectivity index is 1.53. The second kappa shape index (κ2) is 8.27. The highest BCUT2D eigenvalue weighted by molar-refractivity contribution is 7.98. The standard InChI is InChI=1S/C18H15FN6O3S/c1-26-13-7-8-15(27-2)14(9-13)25-18(21-23-24-25)29-10-16-20-17(28-22-16)11-3-5-12(19)6-4-11/h3-9H,10H2,1-2H3. The molecular weight excluding hydrogens is 399 g/mol. The van der Waals surface area contributed by atoms with Gasteiger partial charge in [-0.1, -0.05) is 16.9 Å². The van der Waals surface area contributed by atoms with E-state index in [1.54, 1.807) is 49.2 Å². The quantitative estimate of drug-likeness (QED) is 0.422. The summed E-state index contributed by atoms with van der Waals surface area (Å²) in [6, 6.07) is 11.2. The molecule has 0 aliphatic rings. The number of ether oxygens (including phenoxy) is 2. The predicted molar refractivity (Wildman–Crippen MR) is 102 cm³/mol. The van der Waals surface area contributed by atoms with E-state index in [1.807, 2.05) is 0 Å². The average Bonchev–Trinajstić information content (AvgIpc) is 3.41. The molecule has 0 atom stereocenters. The van der Waals surface area contributed by atoms with Crippen LogP contribution in [-0.4, -0.2) is 44.6 Å². The lowest BCUT2D eigenvalue weighted by atomic mass is 10.2. The van der Waals surface area contributed by atoms with Crippen LogP contribution in [0, 0.1) is 5.82 Å². The SMILES string of the molecule is COc1ccc(OC)c(-n2nnnc2SCc2noc(-c3ccc(F)cc3)n2)c1. The number of halogens is 1. The molecular formula is C18H15FN6O3S. The monoisotopic (exact) mass is 414 g/mol. The Hall–Kier alpha value is -3.47. The van der Waals surface area contributed by atoms with Crippen molar-refractivity contribution in [3.05, 3.63) is 54.1 Å². The molecule has 0 aliphatic heterocycles. The Morgan fingerprint density at radius 3 is 2.69 bits per heavy atom. The molecule has 0 bridgehead atoms. The van der Waals surface area contributed by atoms with Crippen LogP contribution in [0.1, 0.15) is 5.82 Å². The molecule has 0 spiro atoms.